The molecule has 0 amide bonds. The summed E-state index contributed by atoms with van der Waals surface area (Å²) in [5.74, 6) is 1.01. The average molecular weight is 653 g/mol. The number of benzene rings is 2. The first-order chi connectivity index (χ1) is 17.9. The van der Waals surface area contributed by atoms with Gasteiger partial charge in [0.05, 0.1) is 28.4 Å². The quantitative estimate of drug-likeness (QED) is 0.244. The fourth-order valence-corrected chi connectivity index (χ4v) is 7.30. The SMILES string of the molecule is O=C(O)CCc1ccc(N2C[C@@H]3C[C@H]2C[C@H]3OCc2c(-c3c(Cl)cccc3Cl)noc2C2CC2)c(I)c1. The van der Waals surface area contributed by atoms with Crippen molar-refractivity contribution in [2.24, 2.45) is 5.92 Å². The molecular formula is C28H27Cl2IN2O4. The summed E-state index contributed by atoms with van der Waals surface area (Å²) >= 11 is 15.4. The molecular weight excluding hydrogens is 626 g/mol. The highest BCUT2D eigenvalue weighted by molar-refractivity contribution is 14.1. The van der Waals surface area contributed by atoms with Gasteiger partial charge in [0.15, 0.2) is 0 Å². The van der Waals surface area contributed by atoms with Crippen LogP contribution in [0.4, 0.5) is 5.69 Å². The molecule has 6 rings (SSSR count). The molecule has 1 aromatic heterocycles. The Morgan fingerprint density at radius 2 is 1.97 bits per heavy atom. The van der Waals surface area contributed by atoms with Crippen LogP contribution in [-0.2, 0) is 22.6 Å². The van der Waals surface area contributed by atoms with Gasteiger partial charge in [-0.05, 0) is 84.5 Å². The van der Waals surface area contributed by atoms with Crippen LogP contribution in [0.2, 0.25) is 10.0 Å². The molecule has 2 saturated carbocycles. The van der Waals surface area contributed by atoms with E-state index in [1.807, 2.05) is 18.2 Å². The molecule has 194 valence electrons. The molecule has 1 aliphatic heterocycles. The molecule has 3 atom stereocenters. The average Bonchev–Trinajstić information content (AvgIpc) is 3.32. The highest BCUT2D eigenvalue weighted by Gasteiger charge is 2.46. The molecule has 6 nitrogen and oxygen atoms in total. The molecule has 1 saturated heterocycles. The van der Waals surface area contributed by atoms with E-state index in [0.717, 1.165) is 49.1 Å². The number of nitrogens with zero attached hydrogens (tertiary/aromatic N) is 2. The molecule has 0 radical (unpaired) electrons. The summed E-state index contributed by atoms with van der Waals surface area (Å²) < 4.78 is 13.5. The minimum absolute atomic E-state index is 0.155. The Morgan fingerprint density at radius 3 is 2.62 bits per heavy atom. The van der Waals surface area contributed by atoms with Crippen LogP contribution in [0.5, 0.6) is 0 Å². The molecule has 0 spiro atoms. The van der Waals surface area contributed by atoms with Crippen molar-refractivity contribution >= 4 is 57.4 Å². The van der Waals surface area contributed by atoms with Gasteiger partial charge in [0, 0.05) is 45.5 Å². The normalized spacial score (nSPS) is 22.7. The van der Waals surface area contributed by atoms with Crippen molar-refractivity contribution in [3.05, 3.63) is 66.9 Å². The number of hydrogen-bond donors (Lipinski definition) is 1. The van der Waals surface area contributed by atoms with Gasteiger partial charge in [-0.2, -0.15) is 0 Å². The number of aryl methyl sites for hydroxylation is 1. The van der Waals surface area contributed by atoms with Crippen molar-refractivity contribution in [2.45, 2.75) is 63.2 Å². The zero-order valence-electron chi connectivity index (χ0n) is 20.1. The number of fused-ring (bicyclic) bond motifs is 2. The van der Waals surface area contributed by atoms with Gasteiger partial charge in [-0.15, -0.1) is 0 Å². The number of carboxylic acid groups (broad SMARTS) is 1. The van der Waals surface area contributed by atoms with Gasteiger partial charge in [0.25, 0.3) is 0 Å². The second-order valence-electron chi connectivity index (χ2n) is 10.3. The van der Waals surface area contributed by atoms with Crippen molar-refractivity contribution in [1.82, 2.24) is 5.16 Å². The Kier molecular flexibility index (Phi) is 7.16. The van der Waals surface area contributed by atoms with E-state index < -0.39 is 5.97 Å². The molecule has 1 N–H and O–H groups in total. The highest BCUT2D eigenvalue weighted by atomic mass is 127. The summed E-state index contributed by atoms with van der Waals surface area (Å²) in [6.07, 6.45) is 5.20. The van der Waals surface area contributed by atoms with E-state index in [1.165, 1.54) is 9.26 Å². The van der Waals surface area contributed by atoms with Crippen LogP contribution < -0.4 is 4.90 Å². The molecule has 9 heteroatoms. The third-order valence-corrected chi connectivity index (χ3v) is 9.33. The Morgan fingerprint density at radius 1 is 1.19 bits per heavy atom. The predicted molar refractivity (Wildman–Crippen MR) is 151 cm³/mol. The molecule has 3 aromatic rings. The number of ether oxygens (including phenoxy) is 1. The minimum Gasteiger partial charge on any atom is -0.481 e. The van der Waals surface area contributed by atoms with Crippen LogP contribution in [0.25, 0.3) is 11.3 Å². The molecule has 37 heavy (non-hydrogen) atoms. The molecule has 3 aliphatic rings. The lowest BCUT2D eigenvalue weighted by Crippen LogP contribution is -2.39. The summed E-state index contributed by atoms with van der Waals surface area (Å²) in [5.41, 5.74) is 4.68. The summed E-state index contributed by atoms with van der Waals surface area (Å²) in [7, 11) is 0. The lowest BCUT2D eigenvalue weighted by atomic mass is 10.0. The van der Waals surface area contributed by atoms with Crippen molar-refractivity contribution in [3.8, 4) is 11.3 Å². The maximum Gasteiger partial charge on any atom is 0.303 e. The van der Waals surface area contributed by atoms with Gasteiger partial charge in [-0.1, -0.05) is 40.5 Å². The number of hydrogen-bond acceptors (Lipinski definition) is 5. The number of piperidine rings is 1. The zero-order valence-corrected chi connectivity index (χ0v) is 23.8. The topological polar surface area (TPSA) is 75.8 Å². The number of aliphatic carboxylic acids is 1. The van der Waals surface area contributed by atoms with E-state index in [1.54, 1.807) is 0 Å². The number of halogens is 3. The van der Waals surface area contributed by atoms with Crippen LogP contribution in [-0.4, -0.2) is 34.9 Å². The lowest BCUT2D eigenvalue weighted by Gasteiger charge is -2.34. The standard InChI is InChI=1S/C28H27Cl2IN2O4/c29-20-2-1-3-21(30)26(20)27-19(28(37-32-27)16-6-7-16)14-36-24-12-18-11-17(24)13-33(18)23-8-4-15(10-22(23)31)5-9-25(34)35/h1-4,8,10,16-18,24H,5-7,9,11-14H2,(H,34,35)/t17-,18-,24+/m0/s1. The van der Waals surface area contributed by atoms with Crippen molar-refractivity contribution in [2.75, 3.05) is 11.4 Å². The molecule has 2 aliphatic carbocycles. The zero-order chi connectivity index (χ0) is 25.7. The summed E-state index contributed by atoms with van der Waals surface area (Å²) in [6.45, 7) is 1.40. The first kappa shape index (κ1) is 25.5. The summed E-state index contributed by atoms with van der Waals surface area (Å²) in [4.78, 5) is 13.4. The van der Waals surface area contributed by atoms with Crippen LogP contribution >= 0.6 is 45.8 Å². The number of rotatable bonds is 9. The van der Waals surface area contributed by atoms with Crippen molar-refractivity contribution in [3.63, 3.8) is 0 Å². The third kappa shape index (κ3) is 5.12. The largest absolute Gasteiger partial charge is 0.481 e. The lowest BCUT2D eigenvalue weighted by molar-refractivity contribution is -0.136. The van der Waals surface area contributed by atoms with Gasteiger partial charge in [0.1, 0.15) is 11.5 Å². The first-order valence-electron chi connectivity index (χ1n) is 12.7. The summed E-state index contributed by atoms with van der Waals surface area (Å²) in [6, 6.07) is 12.2. The van der Waals surface area contributed by atoms with E-state index in [4.69, 9.17) is 37.6 Å². The Bertz CT molecular complexity index is 1320. The highest BCUT2D eigenvalue weighted by Crippen LogP contribution is 2.47. The van der Waals surface area contributed by atoms with E-state index >= 15 is 0 Å². The van der Waals surface area contributed by atoms with Crippen LogP contribution in [0.3, 0.4) is 0 Å². The number of carboxylic acids is 1. The minimum atomic E-state index is -0.764. The van der Waals surface area contributed by atoms with Crippen molar-refractivity contribution in [1.29, 1.82) is 0 Å². The first-order valence-corrected chi connectivity index (χ1v) is 14.5. The second-order valence-corrected chi connectivity index (χ2v) is 12.3. The molecule has 2 heterocycles. The van der Waals surface area contributed by atoms with E-state index in [-0.39, 0.29) is 12.5 Å². The Hall–Kier alpha value is -1.81. The predicted octanol–water partition coefficient (Wildman–Crippen LogP) is 7.33. The number of aromatic nitrogens is 1. The molecule has 2 aromatic carbocycles. The third-order valence-electron chi connectivity index (χ3n) is 7.83. The maximum absolute atomic E-state index is 10.9. The molecule has 0 unspecified atom stereocenters. The van der Waals surface area contributed by atoms with Gasteiger partial charge >= 0.3 is 5.97 Å². The van der Waals surface area contributed by atoms with Crippen molar-refractivity contribution < 1.29 is 19.2 Å². The Labute approximate surface area is 239 Å². The summed E-state index contributed by atoms with van der Waals surface area (Å²) in [5, 5.41) is 14.5. The number of carbonyl (C=O) groups is 1. The van der Waals surface area contributed by atoms with E-state index in [9.17, 15) is 4.79 Å². The van der Waals surface area contributed by atoms with Crippen LogP contribution in [0.1, 0.15) is 54.9 Å². The fraction of sp³-hybridized carbons (Fsp3) is 0.429. The van der Waals surface area contributed by atoms with E-state index in [2.05, 4.69) is 50.8 Å². The van der Waals surface area contributed by atoms with Gasteiger partial charge in [0.2, 0.25) is 0 Å². The van der Waals surface area contributed by atoms with Gasteiger partial charge < -0.3 is 19.3 Å². The monoisotopic (exact) mass is 652 g/mol. The Balaban J connectivity index is 1.15. The molecule has 3 fully saturated rings. The molecule has 2 bridgehead atoms. The van der Waals surface area contributed by atoms with Crippen LogP contribution in [0, 0.1) is 9.49 Å². The van der Waals surface area contributed by atoms with E-state index in [0.29, 0.717) is 52.2 Å². The fourth-order valence-electron chi connectivity index (χ4n) is 5.83. The number of anilines is 1. The maximum atomic E-state index is 10.9. The van der Waals surface area contributed by atoms with Gasteiger partial charge in [-0.3, -0.25) is 4.79 Å². The van der Waals surface area contributed by atoms with Gasteiger partial charge in [-0.25, -0.2) is 0 Å². The second kappa shape index (κ2) is 10.4. The van der Waals surface area contributed by atoms with Crippen LogP contribution in [0.15, 0.2) is 40.9 Å². The smallest absolute Gasteiger partial charge is 0.303 e.